The molecule has 138 valence electrons. The molecule has 0 fully saturated rings. The number of hydrogen-bond acceptors (Lipinski definition) is 7. The molecule has 1 aliphatic heterocycles. The average Bonchev–Trinajstić information content (AvgIpc) is 3.33. The molecule has 1 aromatic carbocycles. The second-order valence-electron chi connectivity index (χ2n) is 5.74. The number of nitrogens with zero attached hydrogens (tertiary/aromatic N) is 1. The highest BCUT2D eigenvalue weighted by atomic mass is 32.1. The van der Waals surface area contributed by atoms with Crippen LogP contribution in [0.2, 0.25) is 0 Å². The van der Waals surface area contributed by atoms with E-state index < -0.39 is 0 Å². The quantitative estimate of drug-likeness (QED) is 0.695. The number of carbonyl (C=O) groups is 1. The van der Waals surface area contributed by atoms with Crippen LogP contribution in [0.4, 0.5) is 10.7 Å². The maximum atomic E-state index is 12.5. The van der Waals surface area contributed by atoms with Crippen molar-refractivity contribution >= 4 is 27.9 Å². The number of aromatic nitrogens is 1. The Morgan fingerprint density at radius 3 is 2.81 bits per heavy atom. The third-order valence-electron chi connectivity index (χ3n) is 4.08. The lowest BCUT2D eigenvalue weighted by atomic mass is 10.2. The molecule has 4 rings (SSSR count). The number of amides is 1. The van der Waals surface area contributed by atoms with Crippen molar-refractivity contribution in [3.63, 3.8) is 0 Å². The molecular weight excluding hydrogens is 366 g/mol. The minimum absolute atomic E-state index is 0.225. The van der Waals surface area contributed by atoms with Crippen LogP contribution in [0.15, 0.2) is 48.8 Å². The van der Waals surface area contributed by atoms with Gasteiger partial charge in [-0.2, -0.15) is 0 Å². The van der Waals surface area contributed by atoms with Crippen molar-refractivity contribution in [1.29, 1.82) is 0 Å². The summed E-state index contributed by atoms with van der Waals surface area (Å²) in [7, 11) is 3.09. The first-order valence-corrected chi connectivity index (χ1v) is 9.00. The van der Waals surface area contributed by atoms with Crippen LogP contribution in [0.25, 0.3) is 0 Å². The van der Waals surface area contributed by atoms with E-state index in [9.17, 15) is 4.79 Å². The van der Waals surface area contributed by atoms with Crippen molar-refractivity contribution in [3.05, 3.63) is 59.2 Å². The lowest BCUT2D eigenvalue weighted by molar-refractivity contribution is 0.102. The van der Waals surface area contributed by atoms with Gasteiger partial charge in [-0.25, -0.2) is 0 Å². The van der Waals surface area contributed by atoms with Gasteiger partial charge in [-0.05, 0) is 30.3 Å². The third-order valence-corrected chi connectivity index (χ3v) is 5.12. The first-order valence-electron chi connectivity index (χ1n) is 8.18. The van der Waals surface area contributed by atoms with Crippen LogP contribution in [0.1, 0.15) is 21.5 Å². The van der Waals surface area contributed by atoms with E-state index in [0.29, 0.717) is 17.1 Å². The number of thiophene rings is 1. The average molecular weight is 383 g/mol. The van der Waals surface area contributed by atoms with Gasteiger partial charge >= 0.3 is 0 Å². The molecule has 3 aromatic rings. The number of methoxy groups -OCH3 is 2. The largest absolute Gasteiger partial charge is 0.493 e. The maximum Gasteiger partial charge on any atom is 0.256 e. The number of anilines is 2. The van der Waals surface area contributed by atoms with E-state index in [2.05, 4.69) is 15.6 Å². The first kappa shape index (κ1) is 17.2. The zero-order chi connectivity index (χ0) is 18.8. The molecule has 1 unspecified atom stereocenters. The number of carbonyl (C=O) groups excluding carboxylic acids is 1. The van der Waals surface area contributed by atoms with E-state index in [4.69, 9.17) is 14.2 Å². The smallest absolute Gasteiger partial charge is 0.256 e. The molecule has 2 N–H and O–H groups in total. The third kappa shape index (κ3) is 3.39. The predicted octanol–water partition coefficient (Wildman–Crippen LogP) is 3.92. The number of hydrogen-bond donors (Lipinski definition) is 2. The zero-order valence-corrected chi connectivity index (χ0v) is 15.5. The fourth-order valence-corrected chi connectivity index (χ4v) is 3.63. The van der Waals surface area contributed by atoms with Crippen LogP contribution in [-0.2, 0) is 0 Å². The predicted molar refractivity (Wildman–Crippen MR) is 103 cm³/mol. The van der Waals surface area contributed by atoms with Crippen LogP contribution >= 0.6 is 11.3 Å². The Morgan fingerprint density at radius 2 is 2.04 bits per heavy atom. The molecule has 0 spiro atoms. The molecule has 3 heterocycles. The molecule has 0 saturated heterocycles. The summed E-state index contributed by atoms with van der Waals surface area (Å²) >= 11 is 1.45. The zero-order valence-electron chi connectivity index (χ0n) is 14.7. The Bertz CT molecular complexity index is 964. The molecule has 1 amide bonds. The summed E-state index contributed by atoms with van der Waals surface area (Å²) in [5.74, 6) is 1.62. The first-order chi connectivity index (χ1) is 13.2. The van der Waals surface area contributed by atoms with Gasteiger partial charge in [0, 0.05) is 17.8 Å². The summed E-state index contributed by atoms with van der Waals surface area (Å²) < 4.78 is 16.3. The monoisotopic (exact) mass is 383 g/mol. The second-order valence-corrected chi connectivity index (χ2v) is 6.86. The SMILES string of the molecule is COc1ccc(C(=O)Nc2ccc(C3Nc4cnccc4O3)s2)cc1OC. The number of fused-ring (bicyclic) bond motifs is 1. The number of benzene rings is 1. The summed E-state index contributed by atoms with van der Waals surface area (Å²) in [5.41, 5.74) is 1.34. The lowest BCUT2D eigenvalue weighted by Crippen LogP contribution is -2.11. The highest BCUT2D eigenvalue weighted by Gasteiger charge is 2.25. The van der Waals surface area contributed by atoms with Gasteiger partial charge in [-0.3, -0.25) is 9.78 Å². The molecule has 1 atom stereocenters. The Balaban J connectivity index is 1.46. The van der Waals surface area contributed by atoms with E-state index >= 15 is 0 Å². The van der Waals surface area contributed by atoms with Gasteiger partial charge in [0.2, 0.25) is 6.23 Å². The molecule has 0 aliphatic carbocycles. The summed E-state index contributed by atoms with van der Waals surface area (Å²) in [4.78, 5) is 17.6. The van der Waals surface area contributed by atoms with Crippen LogP contribution in [-0.4, -0.2) is 25.1 Å². The van der Waals surface area contributed by atoms with Gasteiger partial charge in [0.05, 0.1) is 36.0 Å². The summed E-state index contributed by atoms with van der Waals surface area (Å²) in [5, 5.41) is 6.89. The van der Waals surface area contributed by atoms with E-state index in [0.717, 1.165) is 21.3 Å². The van der Waals surface area contributed by atoms with E-state index in [-0.39, 0.29) is 12.1 Å². The van der Waals surface area contributed by atoms with Crippen LogP contribution in [0.5, 0.6) is 17.2 Å². The Morgan fingerprint density at radius 1 is 1.19 bits per heavy atom. The Kier molecular flexibility index (Phi) is 4.55. The fourth-order valence-electron chi connectivity index (χ4n) is 2.74. The van der Waals surface area contributed by atoms with Crippen molar-refractivity contribution in [2.75, 3.05) is 24.9 Å². The van der Waals surface area contributed by atoms with E-state index in [1.807, 2.05) is 18.2 Å². The lowest BCUT2D eigenvalue weighted by Gasteiger charge is -2.10. The van der Waals surface area contributed by atoms with Crippen molar-refractivity contribution < 1.29 is 19.0 Å². The molecule has 2 aromatic heterocycles. The molecular formula is C19H17N3O4S. The number of pyridine rings is 1. The second kappa shape index (κ2) is 7.16. The molecule has 0 saturated carbocycles. The Hall–Kier alpha value is -3.26. The molecule has 0 bridgehead atoms. The fraction of sp³-hybridized carbons (Fsp3) is 0.158. The highest BCUT2D eigenvalue weighted by molar-refractivity contribution is 7.16. The highest BCUT2D eigenvalue weighted by Crippen LogP contribution is 2.39. The van der Waals surface area contributed by atoms with Crippen LogP contribution < -0.4 is 24.8 Å². The molecule has 1 aliphatic rings. The number of nitrogens with one attached hydrogen (secondary N) is 2. The minimum atomic E-state index is -0.291. The molecule has 7 nitrogen and oxygen atoms in total. The van der Waals surface area contributed by atoms with Gasteiger partial charge in [-0.1, -0.05) is 0 Å². The Labute approximate surface area is 159 Å². The van der Waals surface area contributed by atoms with Crippen LogP contribution in [0, 0.1) is 0 Å². The molecule has 27 heavy (non-hydrogen) atoms. The van der Waals surface area contributed by atoms with E-state index in [1.165, 1.54) is 18.4 Å². The van der Waals surface area contributed by atoms with Crippen molar-refractivity contribution in [3.8, 4) is 17.2 Å². The standard InChI is InChI=1S/C19H17N3O4S/c1-24-14-4-3-11(9-15(14)25-2)18(23)22-17-6-5-16(27-17)19-21-12-10-20-8-7-13(12)26-19/h3-10,19,21H,1-2H3,(H,22,23). The summed E-state index contributed by atoms with van der Waals surface area (Å²) in [6, 6.07) is 10.6. The summed E-state index contributed by atoms with van der Waals surface area (Å²) in [6.45, 7) is 0. The molecule has 0 radical (unpaired) electrons. The van der Waals surface area contributed by atoms with Crippen molar-refractivity contribution in [2.45, 2.75) is 6.23 Å². The minimum Gasteiger partial charge on any atom is -0.493 e. The van der Waals surface area contributed by atoms with Crippen LogP contribution in [0.3, 0.4) is 0 Å². The number of rotatable bonds is 5. The summed E-state index contributed by atoms with van der Waals surface area (Å²) in [6.07, 6.45) is 3.12. The number of ether oxygens (including phenoxy) is 3. The van der Waals surface area contributed by atoms with Gasteiger partial charge < -0.3 is 24.8 Å². The van der Waals surface area contributed by atoms with Crippen molar-refractivity contribution in [1.82, 2.24) is 4.98 Å². The maximum absolute atomic E-state index is 12.5. The van der Waals surface area contributed by atoms with Crippen molar-refractivity contribution in [2.24, 2.45) is 0 Å². The van der Waals surface area contributed by atoms with Gasteiger partial charge in [0.1, 0.15) is 5.75 Å². The van der Waals surface area contributed by atoms with Gasteiger partial charge in [0.15, 0.2) is 11.5 Å². The normalized spacial score (nSPS) is 14.7. The van der Waals surface area contributed by atoms with Gasteiger partial charge in [-0.15, -0.1) is 11.3 Å². The molecule has 8 heteroatoms. The van der Waals surface area contributed by atoms with Gasteiger partial charge in [0.25, 0.3) is 5.91 Å². The topological polar surface area (TPSA) is 81.7 Å². The van der Waals surface area contributed by atoms with E-state index in [1.54, 1.807) is 37.7 Å².